The van der Waals surface area contributed by atoms with Crippen molar-refractivity contribution in [1.29, 1.82) is 10.5 Å². The number of carbonyl (C=O) groups excluding carboxylic acids is 2. The minimum atomic E-state index is -0.941. The molecule has 1 aromatic carbocycles. The molecule has 0 unspecified atom stereocenters. The smallest absolute Gasteiger partial charge is 0.243 e. The van der Waals surface area contributed by atoms with Crippen LogP contribution in [-0.2, 0) is 22.4 Å². The fraction of sp³-hybridized carbons (Fsp3) is 0.429. The van der Waals surface area contributed by atoms with E-state index >= 15 is 0 Å². The van der Waals surface area contributed by atoms with Crippen molar-refractivity contribution in [1.82, 2.24) is 5.32 Å². The van der Waals surface area contributed by atoms with Crippen LogP contribution in [0.25, 0.3) is 0 Å². The topological polar surface area (TPSA) is 106 Å². The Morgan fingerprint density at radius 2 is 1.86 bits per heavy atom. The van der Waals surface area contributed by atoms with E-state index in [9.17, 15) is 20.1 Å². The van der Waals surface area contributed by atoms with Gasteiger partial charge in [0.05, 0.1) is 28.5 Å². The van der Waals surface area contributed by atoms with Gasteiger partial charge in [0.15, 0.2) is 0 Å². The molecule has 0 radical (unpaired) electrons. The number of nitrogens with one attached hydrogen (secondary N) is 2. The second-order valence-electron chi connectivity index (χ2n) is 7.08. The molecule has 146 valence electrons. The molecule has 28 heavy (non-hydrogen) atoms. The van der Waals surface area contributed by atoms with E-state index in [-0.39, 0.29) is 11.7 Å². The van der Waals surface area contributed by atoms with Crippen molar-refractivity contribution in [3.05, 3.63) is 39.9 Å². The number of nitrogens with zero attached hydrogens (tertiary/aromatic N) is 2. The summed E-state index contributed by atoms with van der Waals surface area (Å²) >= 11 is 1.11. The van der Waals surface area contributed by atoms with Crippen LogP contribution in [0.1, 0.15) is 38.8 Å². The van der Waals surface area contributed by atoms with Gasteiger partial charge < -0.3 is 10.6 Å². The predicted octanol–water partition coefficient (Wildman–Crippen LogP) is 3.51. The Balaban J connectivity index is 2.19. The Kier molecular flexibility index (Phi) is 6.88. The zero-order chi connectivity index (χ0) is 20.9. The third-order valence-electron chi connectivity index (χ3n) is 4.94. The van der Waals surface area contributed by atoms with Gasteiger partial charge in [-0.25, -0.2) is 0 Å². The van der Waals surface area contributed by atoms with Gasteiger partial charge in [-0.2, -0.15) is 10.5 Å². The first kappa shape index (κ1) is 21.5. The number of rotatable bonds is 6. The van der Waals surface area contributed by atoms with E-state index in [1.807, 2.05) is 38.1 Å². The first-order chi connectivity index (χ1) is 13.3. The number of para-hydroxylation sites is 1. The van der Waals surface area contributed by atoms with Crippen LogP contribution in [0.5, 0.6) is 0 Å². The number of anilines is 1. The molecule has 0 spiro atoms. The standard InChI is InChI=1S/C21H24N4O2S/c1-5-13-8-7-9-14(6-2)18(13)24-17(26)12-28-20-16(11-23)21(3,4)15(10-22)19(27)25-20/h7-9,15H,5-6,12H2,1-4H3,(H,24,26)(H,25,27)/t15-/m1/s1. The Morgan fingerprint density at radius 1 is 1.25 bits per heavy atom. The van der Waals surface area contributed by atoms with E-state index in [0.717, 1.165) is 41.4 Å². The van der Waals surface area contributed by atoms with Crippen molar-refractivity contribution in [2.75, 3.05) is 11.1 Å². The maximum Gasteiger partial charge on any atom is 0.243 e. The molecule has 7 heteroatoms. The summed E-state index contributed by atoms with van der Waals surface area (Å²) in [6, 6.07) is 10.0. The molecule has 2 N–H and O–H groups in total. The van der Waals surface area contributed by atoms with E-state index in [2.05, 4.69) is 16.7 Å². The Bertz CT molecular complexity index is 884. The van der Waals surface area contributed by atoms with E-state index < -0.39 is 17.2 Å². The third-order valence-corrected chi connectivity index (χ3v) is 5.95. The second kappa shape index (κ2) is 8.95. The summed E-state index contributed by atoms with van der Waals surface area (Å²) in [5.41, 5.74) is 2.39. The first-order valence-electron chi connectivity index (χ1n) is 9.18. The van der Waals surface area contributed by atoms with Crippen LogP contribution >= 0.6 is 11.8 Å². The number of hydrogen-bond donors (Lipinski definition) is 2. The number of hydrogen-bond acceptors (Lipinski definition) is 5. The second-order valence-corrected chi connectivity index (χ2v) is 8.07. The van der Waals surface area contributed by atoms with Gasteiger partial charge in [0.25, 0.3) is 0 Å². The molecule has 0 aromatic heterocycles. The fourth-order valence-electron chi connectivity index (χ4n) is 3.25. The average molecular weight is 397 g/mol. The Morgan fingerprint density at radius 3 is 2.36 bits per heavy atom. The summed E-state index contributed by atoms with van der Waals surface area (Å²) in [6.07, 6.45) is 1.61. The zero-order valence-corrected chi connectivity index (χ0v) is 17.4. The normalized spacial score (nSPS) is 18.1. The highest BCUT2D eigenvalue weighted by Gasteiger charge is 2.44. The van der Waals surface area contributed by atoms with Gasteiger partial charge in [0, 0.05) is 11.1 Å². The largest absolute Gasteiger partial charge is 0.325 e. The first-order valence-corrected chi connectivity index (χ1v) is 10.2. The average Bonchev–Trinajstić information content (AvgIpc) is 2.66. The number of allylic oxidation sites excluding steroid dienone is 1. The molecule has 0 saturated heterocycles. The van der Waals surface area contributed by atoms with Crippen LogP contribution in [0, 0.1) is 34.0 Å². The Hall–Kier alpha value is -2.77. The van der Waals surface area contributed by atoms with Gasteiger partial charge in [-0.05, 0) is 24.0 Å². The minimum absolute atomic E-state index is 0.0509. The predicted molar refractivity (Wildman–Crippen MR) is 110 cm³/mol. The van der Waals surface area contributed by atoms with Crippen molar-refractivity contribution in [3.63, 3.8) is 0 Å². The molecule has 0 saturated carbocycles. The van der Waals surface area contributed by atoms with Gasteiger partial charge >= 0.3 is 0 Å². The molecule has 0 bridgehead atoms. The molecular weight excluding hydrogens is 372 g/mol. The van der Waals surface area contributed by atoms with Crippen molar-refractivity contribution < 1.29 is 9.59 Å². The molecule has 6 nitrogen and oxygen atoms in total. The van der Waals surface area contributed by atoms with Crippen LogP contribution in [0.3, 0.4) is 0 Å². The van der Waals surface area contributed by atoms with Crippen LogP contribution in [0.15, 0.2) is 28.8 Å². The van der Waals surface area contributed by atoms with E-state index in [4.69, 9.17) is 0 Å². The number of aryl methyl sites for hydroxylation is 2. The maximum atomic E-state index is 12.5. The van der Waals surface area contributed by atoms with Crippen LogP contribution in [0.2, 0.25) is 0 Å². The van der Waals surface area contributed by atoms with E-state index in [1.54, 1.807) is 13.8 Å². The highest BCUT2D eigenvalue weighted by atomic mass is 32.2. The van der Waals surface area contributed by atoms with Gasteiger partial charge in [0.1, 0.15) is 5.92 Å². The van der Waals surface area contributed by atoms with Crippen LogP contribution < -0.4 is 10.6 Å². The summed E-state index contributed by atoms with van der Waals surface area (Å²) in [7, 11) is 0. The third kappa shape index (κ3) is 4.21. The lowest BCUT2D eigenvalue weighted by molar-refractivity contribution is -0.125. The summed E-state index contributed by atoms with van der Waals surface area (Å²) < 4.78 is 0. The fourth-order valence-corrected chi connectivity index (χ4v) is 4.22. The number of thioether (sulfide) groups is 1. The van der Waals surface area contributed by atoms with Crippen molar-refractivity contribution in [2.24, 2.45) is 11.3 Å². The summed E-state index contributed by atoms with van der Waals surface area (Å²) in [5.74, 6) is -1.54. The SMILES string of the molecule is CCc1cccc(CC)c1NC(=O)CSC1=C(C#N)C(C)(C)[C@H](C#N)C(=O)N1. The molecule has 2 amide bonds. The van der Waals surface area contributed by atoms with Gasteiger partial charge in [-0.1, -0.05) is 57.7 Å². The lowest BCUT2D eigenvalue weighted by Gasteiger charge is -2.34. The number of benzene rings is 1. The maximum absolute atomic E-state index is 12.5. The summed E-state index contributed by atoms with van der Waals surface area (Å²) in [4.78, 5) is 24.8. The van der Waals surface area contributed by atoms with Gasteiger partial charge in [0.2, 0.25) is 11.8 Å². The Labute approximate surface area is 170 Å². The zero-order valence-electron chi connectivity index (χ0n) is 16.5. The number of amides is 2. The van der Waals surface area contributed by atoms with E-state index in [0.29, 0.717) is 10.6 Å². The van der Waals surface area contributed by atoms with Crippen LogP contribution in [0.4, 0.5) is 5.69 Å². The van der Waals surface area contributed by atoms with Gasteiger partial charge in [-0.15, -0.1) is 0 Å². The monoisotopic (exact) mass is 396 g/mol. The highest BCUT2D eigenvalue weighted by molar-refractivity contribution is 8.03. The molecule has 0 fully saturated rings. The molecule has 1 aliphatic rings. The van der Waals surface area contributed by atoms with Crippen LogP contribution in [-0.4, -0.2) is 17.6 Å². The lowest BCUT2D eigenvalue weighted by Crippen LogP contribution is -2.44. The molecule has 1 heterocycles. The molecule has 0 aliphatic carbocycles. The number of nitriles is 2. The van der Waals surface area contributed by atoms with Crippen molar-refractivity contribution >= 4 is 29.3 Å². The lowest BCUT2D eigenvalue weighted by atomic mass is 9.72. The van der Waals surface area contributed by atoms with E-state index in [1.165, 1.54) is 0 Å². The molecule has 2 rings (SSSR count). The summed E-state index contributed by atoms with van der Waals surface area (Å²) in [6.45, 7) is 7.47. The van der Waals surface area contributed by atoms with Crippen molar-refractivity contribution in [3.8, 4) is 12.1 Å². The molecule has 1 aromatic rings. The quantitative estimate of drug-likeness (QED) is 0.765. The highest BCUT2D eigenvalue weighted by Crippen LogP contribution is 2.41. The number of carbonyl (C=O) groups is 2. The molecular formula is C21H24N4O2S. The molecule has 1 atom stereocenters. The summed E-state index contributed by atoms with van der Waals surface area (Å²) in [5, 5.41) is 24.8. The van der Waals surface area contributed by atoms with Crippen molar-refractivity contribution in [2.45, 2.75) is 40.5 Å². The van der Waals surface area contributed by atoms with Gasteiger partial charge in [-0.3, -0.25) is 9.59 Å². The minimum Gasteiger partial charge on any atom is -0.325 e. The molecule has 1 aliphatic heterocycles.